The highest BCUT2D eigenvalue weighted by Gasteiger charge is 2.45. The largest absolute Gasteiger partial charge is 0.481 e. The quantitative estimate of drug-likeness (QED) is 0.751. The van der Waals surface area contributed by atoms with Crippen molar-refractivity contribution in [2.75, 3.05) is 0 Å². The van der Waals surface area contributed by atoms with Crippen LogP contribution in [0.3, 0.4) is 0 Å². The van der Waals surface area contributed by atoms with Gasteiger partial charge in [-0.1, -0.05) is 12.8 Å². The van der Waals surface area contributed by atoms with Crippen molar-refractivity contribution >= 4 is 11.8 Å². The number of carboxylic acid groups (broad SMARTS) is 1. The van der Waals surface area contributed by atoms with E-state index in [1.165, 1.54) is 12.8 Å². The monoisotopic (exact) mass is 196 g/mol. The highest BCUT2D eigenvalue weighted by molar-refractivity contribution is 5.83. The van der Waals surface area contributed by atoms with Gasteiger partial charge < -0.3 is 5.11 Å². The predicted octanol–water partition coefficient (Wildman–Crippen LogP) is 2.00. The van der Waals surface area contributed by atoms with Crippen LogP contribution in [0.5, 0.6) is 0 Å². The Labute approximate surface area is 83.5 Å². The fourth-order valence-corrected chi connectivity index (χ4v) is 2.39. The lowest BCUT2D eigenvalue weighted by molar-refractivity contribution is -0.152. The molecule has 0 aromatic rings. The summed E-state index contributed by atoms with van der Waals surface area (Å²) in [6.45, 7) is 0. The van der Waals surface area contributed by atoms with Gasteiger partial charge in [0.2, 0.25) is 0 Å². The molecule has 78 valence electrons. The molecular weight excluding hydrogens is 180 g/mol. The summed E-state index contributed by atoms with van der Waals surface area (Å²) in [6, 6.07) is 0. The van der Waals surface area contributed by atoms with E-state index in [1.807, 2.05) is 0 Å². The molecule has 3 nitrogen and oxygen atoms in total. The number of hydrogen-bond donors (Lipinski definition) is 1. The number of hydrogen-bond acceptors (Lipinski definition) is 2. The molecule has 2 aliphatic carbocycles. The third-order valence-corrected chi connectivity index (χ3v) is 3.59. The van der Waals surface area contributed by atoms with Crippen LogP contribution >= 0.6 is 0 Å². The van der Waals surface area contributed by atoms with Crippen molar-refractivity contribution < 1.29 is 14.7 Å². The topological polar surface area (TPSA) is 54.4 Å². The number of aliphatic carboxylic acids is 1. The zero-order valence-electron chi connectivity index (χ0n) is 8.29. The lowest BCUT2D eigenvalue weighted by Crippen LogP contribution is -2.36. The molecule has 0 aromatic heterocycles. The van der Waals surface area contributed by atoms with Gasteiger partial charge in [-0.2, -0.15) is 0 Å². The summed E-state index contributed by atoms with van der Waals surface area (Å²) in [6.07, 6.45) is 5.24. The second kappa shape index (κ2) is 3.37. The fraction of sp³-hybridized carbons (Fsp3) is 0.818. The first-order valence-corrected chi connectivity index (χ1v) is 5.37. The van der Waals surface area contributed by atoms with Crippen LogP contribution in [-0.2, 0) is 9.59 Å². The predicted molar refractivity (Wildman–Crippen MR) is 50.9 cm³/mol. The van der Waals surface area contributed by atoms with Crippen LogP contribution in [0.25, 0.3) is 0 Å². The van der Waals surface area contributed by atoms with Gasteiger partial charge in [-0.3, -0.25) is 9.59 Å². The van der Waals surface area contributed by atoms with Gasteiger partial charge in [0.15, 0.2) is 0 Å². The number of carbonyl (C=O) groups is 2. The van der Waals surface area contributed by atoms with Crippen molar-refractivity contribution in [2.24, 2.45) is 11.3 Å². The minimum Gasteiger partial charge on any atom is -0.481 e. The van der Waals surface area contributed by atoms with Gasteiger partial charge in [0.05, 0.1) is 5.41 Å². The molecule has 0 spiro atoms. The summed E-state index contributed by atoms with van der Waals surface area (Å²) < 4.78 is 0. The number of rotatable bonds is 3. The Kier molecular flexibility index (Phi) is 2.33. The lowest BCUT2D eigenvalue weighted by Gasteiger charge is -2.32. The van der Waals surface area contributed by atoms with Gasteiger partial charge in [-0.25, -0.2) is 0 Å². The maximum atomic E-state index is 11.2. The maximum absolute atomic E-state index is 11.2. The zero-order valence-corrected chi connectivity index (χ0v) is 8.29. The highest BCUT2D eigenvalue weighted by atomic mass is 16.4. The summed E-state index contributed by atoms with van der Waals surface area (Å²) in [7, 11) is 0. The molecule has 0 radical (unpaired) electrons. The molecule has 2 rings (SSSR count). The molecule has 0 heterocycles. The minimum atomic E-state index is -0.683. The van der Waals surface area contributed by atoms with Gasteiger partial charge in [0, 0.05) is 12.8 Å². The second-order valence-corrected chi connectivity index (χ2v) is 4.77. The molecule has 0 amide bonds. The van der Waals surface area contributed by atoms with E-state index >= 15 is 0 Å². The smallest absolute Gasteiger partial charge is 0.309 e. The number of ketones is 1. The molecular formula is C11H16O3. The van der Waals surface area contributed by atoms with Crippen molar-refractivity contribution in [3.8, 4) is 0 Å². The second-order valence-electron chi connectivity index (χ2n) is 4.77. The van der Waals surface area contributed by atoms with E-state index in [2.05, 4.69) is 0 Å². The van der Waals surface area contributed by atoms with E-state index in [0.717, 1.165) is 6.42 Å². The molecule has 2 fully saturated rings. The molecule has 0 atom stereocenters. The number of carbonyl (C=O) groups excluding carboxylic acids is 1. The first-order valence-electron chi connectivity index (χ1n) is 5.37. The summed E-state index contributed by atoms with van der Waals surface area (Å²) in [5.74, 6) is 0.175. The van der Waals surface area contributed by atoms with Crippen molar-refractivity contribution in [2.45, 2.75) is 44.9 Å². The molecule has 3 heteroatoms. The standard InChI is InChI=1S/C11H16O3/c12-9-3-5-11(6-4-9,10(13)14)7-8-1-2-8/h8H,1-7H2,(H,13,14). The van der Waals surface area contributed by atoms with Crippen molar-refractivity contribution in [3.05, 3.63) is 0 Å². The Morgan fingerprint density at radius 2 is 1.93 bits per heavy atom. The molecule has 0 saturated heterocycles. The SMILES string of the molecule is O=C1CCC(CC2CC2)(C(=O)O)CC1. The van der Waals surface area contributed by atoms with Gasteiger partial charge >= 0.3 is 5.97 Å². The molecule has 0 bridgehead atoms. The Morgan fingerprint density at radius 1 is 1.36 bits per heavy atom. The molecule has 2 aliphatic rings. The molecule has 1 N–H and O–H groups in total. The van der Waals surface area contributed by atoms with E-state index in [0.29, 0.717) is 31.6 Å². The van der Waals surface area contributed by atoms with Gasteiger partial charge in [0.25, 0.3) is 0 Å². The highest BCUT2D eigenvalue weighted by Crippen LogP contribution is 2.47. The molecule has 2 saturated carbocycles. The van der Waals surface area contributed by atoms with Crippen LogP contribution in [0, 0.1) is 11.3 Å². The van der Waals surface area contributed by atoms with Gasteiger partial charge in [0.1, 0.15) is 5.78 Å². The third-order valence-electron chi connectivity index (χ3n) is 3.59. The van der Waals surface area contributed by atoms with Crippen LogP contribution in [-0.4, -0.2) is 16.9 Å². The molecule has 14 heavy (non-hydrogen) atoms. The Balaban J connectivity index is 2.05. The third kappa shape index (κ3) is 1.81. The van der Waals surface area contributed by atoms with Crippen LogP contribution in [0.4, 0.5) is 0 Å². The van der Waals surface area contributed by atoms with Gasteiger partial charge in [-0.05, 0) is 25.2 Å². The van der Waals surface area contributed by atoms with E-state index in [-0.39, 0.29) is 5.78 Å². The van der Waals surface area contributed by atoms with Crippen LogP contribution < -0.4 is 0 Å². The average molecular weight is 196 g/mol. The molecule has 0 aromatic carbocycles. The first kappa shape index (κ1) is 9.69. The van der Waals surface area contributed by atoms with Crippen molar-refractivity contribution in [1.82, 2.24) is 0 Å². The Bertz CT molecular complexity index is 256. The summed E-state index contributed by atoms with van der Waals surface area (Å²) in [4.78, 5) is 22.3. The number of Topliss-reactive ketones (excluding diaryl/α,β-unsaturated/α-hetero) is 1. The summed E-state index contributed by atoms with van der Waals surface area (Å²) >= 11 is 0. The average Bonchev–Trinajstić information content (AvgIpc) is 2.93. The maximum Gasteiger partial charge on any atom is 0.309 e. The van der Waals surface area contributed by atoms with Crippen molar-refractivity contribution in [3.63, 3.8) is 0 Å². The number of carboxylic acids is 1. The first-order chi connectivity index (χ1) is 6.62. The van der Waals surface area contributed by atoms with E-state index in [9.17, 15) is 14.7 Å². The van der Waals surface area contributed by atoms with Crippen LogP contribution in [0.15, 0.2) is 0 Å². The summed E-state index contributed by atoms with van der Waals surface area (Å²) in [5.41, 5.74) is -0.560. The molecule has 0 unspecified atom stereocenters. The van der Waals surface area contributed by atoms with E-state index in [1.54, 1.807) is 0 Å². The lowest BCUT2D eigenvalue weighted by atomic mass is 9.70. The van der Waals surface area contributed by atoms with E-state index in [4.69, 9.17) is 0 Å². The fourth-order valence-electron chi connectivity index (χ4n) is 2.39. The van der Waals surface area contributed by atoms with Crippen LogP contribution in [0.1, 0.15) is 44.9 Å². The van der Waals surface area contributed by atoms with Crippen LogP contribution in [0.2, 0.25) is 0 Å². The zero-order chi connectivity index (χ0) is 10.2. The van der Waals surface area contributed by atoms with E-state index < -0.39 is 11.4 Å². The molecule has 0 aliphatic heterocycles. The Morgan fingerprint density at radius 3 is 2.36 bits per heavy atom. The minimum absolute atomic E-state index is 0.234. The van der Waals surface area contributed by atoms with Crippen molar-refractivity contribution in [1.29, 1.82) is 0 Å². The van der Waals surface area contributed by atoms with Gasteiger partial charge in [-0.15, -0.1) is 0 Å². The normalized spacial score (nSPS) is 26.1. The Hall–Kier alpha value is -0.860. The summed E-state index contributed by atoms with van der Waals surface area (Å²) in [5, 5.41) is 9.24.